The van der Waals surface area contributed by atoms with Gasteiger partial charge in [-0.1, -0.05) is 37.0 Å². The van der Waals surface area contributed by atoms with Crippen molar-refractivity contribution in [3.63, 3.8) is 0 Å². The predicted molar refractivity (Wildman–Crippen MR) is 86.8 cm³/mol. The molecule has 1 aliphatic carbocycles. The Labute approximate surface area is 135 Å². The molecule has 5 heteroatoms. The first-order valence-corrected chi connectivity index (χ1v) is 7.68. The maximum absolute atomic E-state index is 12.3. The Morgan fingerprint density at radius 3 is 2.48 bits per heavy atom. The van der Waals surface area contributed by atoms with Crippen LogP contribution < -0.4 is 10.1 Å². The van der Waals surface area contributed by atoms with Gasteiger partial charge in [-0.15, -0.1) is 0 Å². The quantitative estimate of drug-likeness (QED) is 0.857. The molecule has 0 bridgehead atoms. The van der Waals surface area contributed by atoms with Crippen LogP contribution >= 0.6 is 23.2 Å². The lowest BCUT2D eigenvalue weighted by molar-refractivity contribution is -0.118. The van der Waals surface area contributed by atoms with Gasteiger partial charge in [0.25, 0.3) is 0 Å². The number of carbonyl (C=O) groups excluding carboxylic acids is 1. The van der Waals surface area contributed by atoms with Gasteiger partial charge in [0.05, 0.1) is 12.5 Å². The highest BCUT2D eigenvalue weighted by Gasteiger charge is 2.60. The third kappa shape index (κ3) is 3.72. The molecule has 1 fully saturated rings. The molecule has 1 saturated carbocycles. The second kappa shape index (κ2) is 6.29. The van der Waals surface area contributed by atoms with Gasteiger partial charge in [0.2, 0.25) is 5.91 Å². The molecule has 2 atom stereocenters. The summed E-state index contributed by atoms with van der Waals surface area (Å²) in [6.07, 6.45) is 1.74. The van der Waals surface area contributed by atoms with Crippen molar-refractivity contribution in [1.29, 1.82) is 0 Å². The van der Waals surface area contributed by atoms with E-state index in [1.807, 2.05) is 45.0 Å². The normalized spacial score (nSPS) is 22.3. The molecule has 0 spiro atoms. The molecule has 1 amide bonds. The fourth-order valence-electron chi connectivity index (χ4n) is 2.65. The lowest BCUT2D eigenvalue weighted by Crippen LogP contribution is -2.16. The number of hydrogen-bond acceptors (Lipinski definition) is 2. The van der Waals surface area contributed by atoms with Gasteiger partial charge < -0.3 is 10.1 Å². The minimum absolute atomic E-state index is 0.0139. The van der Waals surface area contributed by atoms with Crippen LogP contribution in [0.3, 0.4) is 0 Å². The largest absolute Gasteiger partial charge is 0.494 e. The number of allylic oxidation sites excluding steroid dienone is 1. The molecular weight excluding hydrogens is 309 g/mol. The summed E-state index contributed by atoms with van der Waals surface area (Å²) in [5, 5.41) is 2.92. The van der Waals surface area contributed by atoms with Crippen LogP contribution in [0.4, 0.5) is 5.69 Å². The highest BCUT2D eigenvalue weighted by Crippen LogP contribution is 2.60. The number of carbonyl (C=O) groups is 1. The minimum atomic E-state index is -0.121. The van der Waals surface area contributed by atoms with E-state index in [1.165, 1.54) is 0 Å². The molecule has 1 aromatic carbocycles. The second-order valence-corrected chi connectivity index (χ2v) is 6.74. The molecule has 1 N–H and O–H groups in total. The summed E-state index contributed by atoms with van der Waals surface area (Å²) in [5.41, 5.74) is 0.635. The van der Waals surface area contributed by atoms with Crippen LogP contribution in [0.2, 0.25) is 0 Å². The number of benzene rings is 1. The van der Waals surface area contributed by atoms with Crippen molar-refractivity contribution in [3.8, 4) is 5.75 Å². The average molecular weight is 328 g/mol. The highest BCUT2D eigenvalue weighted by molar-refractivity contribution is 6.55. The summed E-state index contributed by atoms with van der Waals surface area (Å²) in [4.78, 5) is 12.3. The van der Waals surface area contributed by atoms with E-state index in [1.54, 1.807) is 6.08 Å². The van der Waals surface area contributed by atoms with E-state index in [-0.39, 0.29) is 27.6 Å². The zero-order valence-corrected chi connectivity index (χ0v) is 13.8. The Morgan fingerprint density at radius 1 is 1.33 bits per heavy atom. The van der Waals surface area contributed by atoms with E-state index in [0.717, 1.165) is 11.4 Å². The predicted octanol–water partition coefficient (Wildman–Crippen LogP) is 4.62. The highest BCUT2D eigenvalue weighted by atomic mass is 35.5. The molecule has 1 aromatic rings. The molecule has 2 unspecified atom stereocenters. The molecular formula is C16H19Cl2NO2. The maximum atomic E-state index is 12.3. The Morgan fingerprint density at radius 2 is 1.95 bits per heavy atom. The molecule has 0 heterocycles. The van der Waals surface area contributed by atoms with Gasteiger partial charge in [0.1, 0.15) is 10.2 Å². The maximum Gasteiger partial charge on any atom is 0.228 e. The SMILES string of the molecule is CCOc1ccc(NC(=O)C2C(C=C(Cl)Cl)C2(C)C)cc1. The molecule has 0 saturated heterocycles. The van der Waals surface area contributed by atoms with Crippen molar-refractivity contribution in [2.45, 2.75) is 20.8 Å². The number of halogens is 2. The summed E-state index contributed by atoms with van der Waals surface area (Å²) in [7, 11) is 0. The van der Waals surface area contributed by atoms with E-state index >= 15 is 0 Å². The number of nitrogens with one attached hydrogen (secondary N) is 1. The third-order valence-corrected chi connectivity index (χ3v) is 4.18. The van der Waals surface area contributed by atoms with Gasteiger partial charge in [0.15, 0.2) is 0 Å². The average Bonchev–Trinajstić information content (AvgIpc) is 2.92. The van der Waals surface area contributed by atoms with Crippen LogP contribution in [-0.2, 0) is 4.79 Å². The van der Waals surface area contributed by atoms with Crippen LogP contribution in [0.5, 0.6) is 5.75 Å². The standard InChI is InChI=1S/C16H19Cl2NO2/c1-4-21-11-7-5-10(6-8-11)19-15(20)14-12(9-13(17)18)16(14,2)3/h5-9,12,14H,4H2,1-3H3,(H,19,20). The molecule has 2 rings (SSSR count). The molecule has 114 valence electrons. The lowest BCUT2D eigenvalue weighted by atomic mass is 10.1. The topological polar surface area (TPSA) is 38.3 Å². The lowest BCUT2D eigenvalue weighted by Gasteiger charge is -2.07. The monoisotopic (exact) mass is 327 g/mol. The Hall–Kier alpha value is -1.19. The van der Waals surface area contributed by atoms with Crippen LogP contribution in [0.1, 0.15) is 20.8 Å². The summed E-state index contributed by atoms with van der Waals surface area (Å²) in [5.74, 6) is 0.735. The Kier molecular flexibility index (Phi) is 4.84. The van der Waals surface area contributed by atoms with Crippen LogP contribution in [0.15, 0.2) is 34.8 Å². The van der Waals surface area contributed by atoms with Crippen molar-refractivity contribution >= 4 is 34.8 Å². The number of hydrogen-bond donors (Lipinski definition) is 1. The number of amides is 1. The summed E-state index contributed by atoms with van der Waals surface area (Å²) in [6.45, 7) is 6.62. The number of ether oxygens (including phenoxy) is 1. The molecule has 21 heavy (non-hydrogen) atoms. The summed E-state index contributed by atoms with van der Waals surface area (Å²) < 4.78 is 5.58. The van der Waals surface area contributed by atoms with E-state index in [0.29, 0.717) is 6.61 Å². The van der Waals surface area contributed by atoms with Gasteiger partial charge in [-0.3, -0.25) is 4.79 Å². The number of anilines is 1. The third-order valence-electron chi connectivity index (χ3n) is 3.93. The smallest absolute Gasteiger partial charge is 0.228 e. The van der Waals surface area contributed by atoms with Crippen molar-refractivity contribution in [3.05, 3.63) is 34.8 Å². The van der Waals surface area contributed by atoms with E-state index < -0.39 is 0 Å². The van der Waals surface area contributed by atoms with Crippen LogP contribution in [0, 0.1) is 17.3 Å². The molecule has 1 aliphatic rings. The van der Waals surface area contributed by atoms with E-state index in [4.69, 9.17) is 27.9 Å². The fraction of sp³-hybridized carbons (Fsp3) is 0.438. The summed E-state index contributed by atoms with van der Waals surface area (Å²) >= 11 is 11.4. The molecule has 0 radical (unpaired) electrons. The van der Waals surface area contributed by atoms with E-state index in [2.05, 4.69) is 5.32 Å². The van der Waals surface area contributed by atoms with E-state index in [9.17, 15) is 4.79 Å². The molecule has 0 aromatic heterocycles. The van der Waals surface area contributed by atoms with Crippen molar-refractivity contribution in [1.82, 2.24) is 0 Å². The van der Waals surface area contributed by atoms with Crippen molar-refractivity contribution < 1.29 is 9.53 Å². The minimum Gasteiger partial charge on any atom is -0.494 e. The molecule has 3 nitrogen and oxygen atoms in total. The first-order valence-electron chi connectivity index (χ1n) is 6.92. The van der Waals surface area contributed by atoms with Gasteiger partial charge >= 0.3 is 0 Å². The van der Waals surface area contributed by atoms with Gasteiger partial charge in [-0.25, -0.2) is 0 Å². The Balaban J connectivity index is 2.00. The van der Waals surface area contributed by atoms with Crippen LogP contribution in [-0.4, -0.2) is 12.5 Å². The zero-order chi connectivity index (χ0) is 15.6. The van der Waals surface area contributed by atoms with Crippen molar-refractivity contribution in [2.24, 2.45) is 17.3 Å². The summed E-state index contributed by atoms with van der Waals surface area (Å²) in [6, 6.07) is 7.34. The molecule has 0 aliphatic heterocycles. The van der Waals surface area contributed by atoms with Gasteiger partial charge in [-0.05, 0) is 48.6 Å². The second-order valence-electron chi connectivity index (χ2n) is 5.73. The van der Waals surface area contributed by atoms with Gasteiger partial charge in [-0.2, -0.15) is 0 Å². The zero-order valence-electron chi connectivity index (χ0n) is 12.3. The van der Waals surface area contributed by atoms with Crippen LogP contribution in [0.25, 0.3) is 0 Å². The number of rotatable bonds is 5. The van der Waals surface area contributed by atoms with Gasteiger partial charge in [0, 0.05) is 5.69 Å². The first-order chi connectivity index (χ1) is 9.86. The fourth-order valence-corrected chi connectivity index (χ4v) is 2.92. The van der Waals surface area contributed by atoms with Crippen molar-refractivity contribution in [2.75, 3.05) is 11.9 Å². The Bertz CT molecular complexity index is 548. The first kappa shape index (κ1) is 16.2.